The van der Waals surface area contributed by atoms with Crippen molar-refractivity contribution in [2.24, 2.45) is 11.8 Å². The third kappa shape index (κ3) is 6.58. The van der Waals surface area contributed by atoms with Crippen LogP contribution in [0.3, 0.4) is 0 Å². The number of amides is 3. The number of hydrogen-bond donors (Lipinski definition) is 1. The zero-order chi connectivity index (χ0) is 24.8. The molecule has 1 aromatic carbocycles. The third-order valence-electron chi connectivity index (χ3n) is 6.62. The highest BCUT2D eigenvalue weighted by molar-refractivity contribution is 5.98. The van der Waals surface area contributed by atoms with E-state index in [1.165, 1.54) is 0 Å². The van der Waals surface area contributed by atoms with Gasteiger partial charge in [-0.05, 0) is 55.9 Å². The van der Waals surface area contributed by atoms with E-state index < -0.39 is 6.04 Å². The first-order chi connectivity index (χ1) is 16.2. The van der Waals surface area contributed by atoms with Crippen molar-refractivity contribution >= 4 is 29.2 Å². The fraction of sp³-hybridized carbons (Fsp3) is 0.615. The Morgan fingerprint density at radius 1 is 1.00 bits per heavy atom. The molecular weight excluding hydrogens is 432 g/mol. The molecule has 0 radical (unpaired) electrons. The van der Waals surface area contributed by atoms with E-state index in [2.05, 4.69) is 5.32 Å². The molecule has 1 atom stereocenters. The van der Waals surface area contributed by atoms with Crippen LogP contribution in [0.4, 0.5) is 5.69 Å². The second-order valence-electron chi connectivity index (χ2n) is 10.1. The van der Waals surface area contributed by atoms with Crippen molar-refractivity contribution in [1.29, 1.82) is 0 Å². The lowest BCUT2D eigenvalue weighted by atomic mass is 9.84. The van der Waals surface area contributed by atoms with Crippen molar-refractivity contribution in [3.05, 3.63) is 29.8 Å². The van der Waals surface area contributed by atoms with Gasteiger partial charge in [0.2, 0.25) is 11.8 Å². The molecule has 0 spiro atoms. The molecular formula is C26H38N4O4. The maximum absolute atomic E-state index is 13.4. The van der Waals surface area contributed by atoms with Crippen LogP contribution in [0.25, 0.3) is 0 Å². The van der Waals surface area contributed by atoms with Crippen molar-refractivity contribution in [2.75, 3.05) is 45.2 Å². The molecule has 1 heterocycles. The second-order valence-corrected chi connectivity index (χ2v) is 10.1. The standard InChI is InChI=1S/C26H38N4O4/c1-18(2)15-23(27-24(32)19-9-11-21(12-10-19)28(3)4)26(34)30-14-6-13-29(16-22(31)17-30)25(33)20-7-5-8-20/h9-12,18,20,23H,5-8,13-17H2,1-4H3,(H,27,32)/t23-/m0/s1. The molecule has 8 heteroatoms. The van der Waals surface area contributed by atoms with E-state index in [1.807, 2.05) is 45.0 Å². The van der Waals surface area contributed by atoms with Crippen LogP contribution in [0.15, 0.2) is 24.3 Å². The summed E-state index contributed by atoms with van der Waals surface area (Å²) in [6.07, 6.45) is 3.98. The van der Waals surface area contributed by atoms with Gasteiger partial charge in [-0.1, -0.05) is 20.3 Å². The summed E-state index contributed by atoms with van der Waals surface area (Å²) in [6.45, 7) is 4.89. The summed E-state index contributed by atoms with van der Waals surface area (Å²) in [5, 5.41) is 2.90. The van der Waals surface area contributed by atoms with Gasteiger partial charge in [-0.3, -0.25) is 19.2 Å². The lowest BCUT2D eigenvalue weighted by molar-refractivity contribution is -0.144. The lowest BCUT2D eigenvalue weighted by Crippen LogP contribution is -2.53. The number of carbonyl (C=O) groups excluding carboxylic acids is 4. The van der Waals surface area contributed by atoms with Gasteiger partial charge in [0.05, 0.1) is 13.1 Å². The van der Waals surface area contributed by atoms with Crippen LogP contribution in [0.5, 0.6) is 0 Å². The topological polar surface area (TPSA) is 90.0 Å². The summed E-state index contributed by atoms with van der Waals surface area (Å²) in [5.74, 6) is -0.368. The van der Waals surface area contributed by atoms with Crippen molar-refractivity contribution in [3.8, 4) is 0 Å². The average molecular weight is 471 g/mol. The minimum Gasteiger partial charge on any atom is -0.378 e. The van der Waals surface area contributed by atoms with Crippen molar-refractivity contribution < 1.29 is 19.2 Å². The Morgan fingerprint density at radius 3 is 2.18 bits per heavy atom. The third-order valence-corrected chi connectivity index (χ3v) is 6.62. The van der Waals surface area contributed by atoms with Gasteiger partial charge in [-0.25, -0.2) is 0 Å². The number of nitrogens with one attached hydrogen (secondary N) is 1. The lowest BCUT2D eigenvalue weighted by Gasteiger charge is -2.35. The Kier molecular flexibility index (Phi) is 8.69. The maximum Gasteiger partial charge on any atom is 0.251 e. The Morgan fingerprint density at radius 2 is 1.62 bits per heavy atom. The first-order valence-electron chi connectivity index (χ1n) is 12.3. The molecule has 3 amide bonds. The number of hydrogen-bond acceptors (Lipinski definition) is 5. The van der Waals surface area contributed by atoms with Gasteiger partial charge in [0, 0.05) is 44.4 Å². The fourth-order valence-electron chi connectivity index (χ4n) is 4.44. The van der Waals surface area contributed by atoms with E-state index in [1.54, 1.807) is 21.9 Å². The predicted octanol–water partition coefficient (Wildman–Crippen LogP) is 2.33. The zero-order valence-corrected chi connectivity index (χ0v) is 20.9. The summed E-state index contributed by atoms with van der Waals surface area (Å²) in [5.41, 5.74) is 1.47. The molecule has 3 rings (SSSR count). The Balaban J connectivity index is 1.65. The van der Waals surface area contributed by atoms with Crippen LogP contribution in [0.2, 0.25) is 0 Å². The first kappa shape index (κ1) is 25.7. The highest BCUT2D eigenvalue weighted by Gasteiger charge is 2.33. The summed E-state index contributed by atoms with van der Waals surface area (Å²) in [4.78, 5) is 56.8. The SMILES string of the molecule is CC(C)C[C@H](NC(=O)c1ccc(N(C)C)cc1)C(=O)N1CCCN(C(=O)C2CCC2)CC(=O)C1. The summed E-state index contributed by atoms with van der Waals surface area (Å²) in [6, 6.07) is 6.51. The number of anilines is 1. The molecule has 1 N–H and O–H groups in total. The molecule has 1 saturated carbocycles. The number of nitrogens with zero attached hydrogens (tertiary/aromatic N) is 3. The van der Waals surface area contributed by atoms with Crippen molar-refractivity contribution in [2.45, 2.75) is 52.0 Å². The predicted molar refractivity (Wildman–Crippen MR) is 132 cm³/mol. The molecule has 0 aromatic heterocycles. The number of carbonyl (C=O) groups is 4. The second kappa shape index (κ2) is 11.5. The molecule has 2 fully saturated rings. The van der Waals surface area contributed by atoms with Crippen molar-refractivity contribution in [3.63, 3.8) is 0 Å². The van der Waals surface area contributed by atoms with E-state index in [-0.39, 0.29) is 48.4 Å². The van der Waals surface area contributed by atoms with E-state index in [9.17, 15) is 19.2 Å². The maximum atomic E-state index is 13.4. The smallest absolute Gasteiger partial charge is 0.251 e. The summed E-state index contributed by atoms with van der Waals surface area (Å²) < 4.78 is 0. The zero-order valence-electron chi connectivity index (χ0n) is 20.9. The van der Waals surface area contributed by atoms with Gasteiger partial charge in [0.15, 0.2) is 5.78 Å². The molecule has 1 aliphatic heterocycles. The Hall–Kier alpha value is -2.90. The van der Waals surface area contributed by atoms with E-state index >= 15 is 0 Å². The van der Waals surface area contributed by atoms with Crippen LogP contribution >= 0.6 is 0 Å². The largest absolute Gasteiger partial charge is 0.378 e. The number of benzene rings is 1. The number of ketones is 1. The quantitative estimate of drug-likeness (QED) is 0.661. The molecule has 8 nitrogen and oxygen atoms in total. The summed E-state index contributed by atoms with van der Waals surface area (Å²) in [7, 11) is 3.86. The first-order valence-corrected chi connectivity index (χ1v) is 12.3. The van der Waals surface area contributed by atoms with Gasteiger partial charge in [0.25, 0.3) is 5.91 Å². The number of rotatable bonds is 7. The van der Waals surface area contributed by atoms with Gasteiger partial charge in [-0.2, -0.15) is 0 Å². The van der Waals surface area contributed by atoms with Crippen LogP contribution in [-0.2, 0) is 14.4 Å². The molecule has 0 bridgehead atoms. The Bertz CT molecular complexity index is 893. The summed E-state index contributed by atoms with van der Waals surface area (Å²) >= 11 is 0. The van der Waals surface area contributed by atoms with Crippen LogP contribution in [0.1, 0.15) is 56.3 Å². The van der Waals surface area contributed by atoms with E-state index in [0.717, 1.165) is 24.9 Å². The Labute approximate surface area is 202 Å². The number of Topliss-reactive ketones (excluding diaryl/α,β-unsaturated/α-hetero) is 1. The fourth-order valence-corrected chi connectivity index (χ4v) is 4.44. The van der Waals surface area contributed by atoms with Gasteiger partial charge < -0.3 is 20.0 Å². The van der Waals surface area contributed by atoms with Crippen molar-refractivity contribution in [1.82, 2.24) is 15.1 Å². The van der Waals surface area contributed by atoms with Crippen LogP contribution in [0, 0.1) is 11.8 Å². The highest BCUT2D eigenvalue weighted by atomic mass is 16.2. The average Bonchev–Trinajstić information content (AvgIpc) is 2.73. The molecule has 34 heavy (non-hydrogen) atoms. The molecule has 186 valence electrons. The normalized spacial score (nSPS) is 18.1. The monoisotopic (exact) mass is 470 g/mol. The van der Waals surface area contributed by atoms with E-state index in [4.69, 9.17) is 0 Å². The van der Waals surface area contributed by atoms with Crippen LogP contribution < -0.4 is 10.2 Å². The molecule has 0 unspecified atom stereocenters. The minimum absolute atomic E-state index is 0.0325. The molecule has 1 aliphatic carbocycles. The van der Waals surface area contributed by atoms with Gasteiger partial charge in [0.1, 0.15) is 6.04 Å². The minimum atomic E-state index is -0.707. The molecule has 1 saturated heterocycles. The highest BCUT2D eigenvalue weighted by Crippen LogP contribution is 2.28. The van der Waals surface area contributed by atoms with Gasteiger partial charge in [-0.15, -0.1) is 0 Å². The molecule has 2 aliphatic rings. The molecule has 1 aromatic rings. The van der Waals surface area contributed by atoms with E-state index in [0.29, 0.717) is 31.5 Å². The van der Waals surface area contributed by atoms with Gasteiger partial charge >= 0.3 is 0 Å². The van der Waals surface area contributed by atoms with Crippen LogP contribution in [-0.4, -0.2) is 79.6 Å².